The molecule has 5 heteroatoms. The average molecular weight is 277 g/mol. The maximum atomic E-state index is 10.6. The van der Waals surface area contributed by atoms with Crippen LogP contribution in [0.25, 0.3) is 0 Å². The zero-order chi connectivity index (χ0) is 14.5. The molecule has 2 rings (SSSR count). The van der Waals surface area contributed by atoms with Crippen LogP contribution in [0.2, 0.25) is 0 Å². The van der Waals surface area contributed by atoms with E-state index in [-0.39, 0.29) is 6.04 Å². The molecule has 0 bridgehead atoms. The predicted octanol–water partition coefficient (Wildman–Crippen LogP) is 2.42. The standard InChI is InChI=1S/C15H23N3O2/c1-11-15(17-8-7-16-11)12(2)18-9-5-13(6-10-18)3-4-14(19)20/h7-8,12-13H,3-6,9-10H2,1-2H3,(H,19,20). The SMILES string of the molecule is Cc1nccnc1C(C)N1CCC(CCC(=O)O)CC1. The zero-order valence-corrected chi connectivity index (χ0v) is 12.2. The summed E-state index contributed by atoms with van der Waals surface area (Å²) in [6.45, 7) is 6.20. The van der Waals surface area contributed by atoms with E-state index < -0.39 is 5.97 Å². The Morgan fingerprint density at radius 3 is 2.65 bits per heavy atom. The molecule has 1 N–H and O–H groups in total. The summed E-state index contributed by atoms with van der Waals surface area (Å²) in [7, 11) is 0. The van der Waals surface area contributed by atoms with Crippen molar-refractivity contribution >= 4 is 5.97 Å². The zero-order valence-electron chi connectivity index (χ0n) is 12.2. The highest BCUT2D eigenvalue weighted by Gasteiger charge is 2.25. The van der Waals surface area contributed by atoms with Crippen LogP contribution in [-0.4, -0.2) is 39.0 Å². The summed E-state index contributed by atoms with van der Waals surface area (Å²) in [5.74, 6) is -0.131. The Bertz CT molecular complexity index is 456. The monoisotopic (exact) mass is 277 g/mol. The van der Waals surface area contributed by atoms with Crippen molar-refractivity contribution in [2.45, 2.75) is 45.6 Å². The molecule has 1 atom stereocenters. The van der Waals surface area contributed by atoms with Crippen LogP contribution in [0.3, 0.4) is 0 Å². The Kier molecular flexibility index (Phi) is 5.06. The predicted molar refractivity (Wildman–Crippen MR) is 76.4 cm³/mol. The third-order valence-electron chi connectivity index (χ3n) is 4.28. The number of carboxylic acid groups (broad SMARTS) is 1. The van der Waals surface area contributed by atoms with Gasteiger partial charge in [-0.05, 0) is 52.1 Å². The number of aryl methyl sites for hydroxylation is 1. The highest BCUT2D eigenvalue weighted by atomic mass is 16.4. The highest BCUT2D eigenvalue weighted by Crippen LogP contribution is 2.28. The van der Waals surface area contributed by atoms with Gasteiger partial charge < -0.3 is 5.11 Å². The fourth-order valence-electron chi connectivity index (χ4n) is 2.96. The van der Waals surface area contributed by atoms with E-state index in [1.54, 1.807) is 12.4 Å². The molecule has 1 unspecified atom stereocenters. The van der Waals surface area contributed by atoms with E-state index in [2.05, 4.69) is 21.8 Å². The van der Waals surface area contributed by atoms with Crippen LogP contribution in [0.15, 0.2) is 12.4 Å². The molecule has 0 radical (unpaired) electrons. The maximum absolute atomic E-state index is 10.6. The second-order valence-corrected chi connectivity index (χ2v) is 5.61. The van der Waals surface area contributed by atoms with E-state index in [9.17, 15) is 4.79 Å². The summed E-state index contributed by atoms with van der Waals surface area (Å²) >= 11 is 0. The lowest BCUT2D eigenvalue weighted by Crippen LogP contribution is -2.36. The molecule has 1 fully saturated rings. The molecule has 0 saturated carbocycles. The summed E-state index contributed by atoms with van der Waals surface area (Å²) < 4.78 is 0. The molecule has 1 aliphatic heterocycles. The van der Waals surface area contributed by atoms with Gasteiger partial charge in [0.15, 0.2) is 0 Å². The smallest absolute Gasteiger partial charge is 0.303 e. The summed E-state index contributed by atoms with van der Waals surface area (Å²) in [6, 6.07) is 0.282. The lowest BCUT2D eigenvalue weighted by Gasteiger charge is -2.36. The fraction of sp³-hybridized carbons (Fsp3) is 0.667. The largest absolute Gasteiger partial charge is 0.481 e. The fourth-order valence-corrected chi connectivity index (χ4v) is 2.96. The van der Waals surface area contributed by atoms with Gasteiger partial charge in [0.05, 0.1) is 17.4 Å². The third kappa shape index (κ3) is 3.76. The van der Waals surface area contributed by atoms with Crippen molar-refractivity contribution in [3.05, 3.63) is 23.8 Å². The molecule has 2 heterocycles. The van der Waals surface area contributed by atoms with E-state index in [1.165, 1.54) is 0 Å². The molecule has 0 amide bonds. The lowest BCUT2D eigenvalue weighted by atomic mass is 9.91. The van der Waals surface area contributed by atoms with Gasteiger partial charge in [0.25, 0.3) is 0 Å². The van der Waals surface area contributed by atoms with Crippen LogP contribution < -0.4 is 0 Å². The topological polar surface area (TPSA) is 66.3 Å². The van der Waals surface area contributed by atoms with Gasteiger partial charge in [0.2, 0.25) is 0 Å². The number of carboxylic acids is 1. The second-order valence-electron chi connectivity index (χ2n) is 5.61. The molecular formula is C15H23N3O2. The Labute approximate surface area is 120 Å². The molecule has 0 spiro atoms. The van der Waals surface area contributed by atoms with Crippen LogP contribution in [0.1, 0.15) is 50.0 Å². The summed E-state index contributed by atoms with van der Waals surface area (Å²) in [4.78, 5) is 21.8. The van der Waals surface area contributed by atoms with E-state index in [4.69, 9.17) is 5.11 Å². The molecule has 110 valence electrons. The minimum atomic E-state index is -0.684. The molecular weight excluding hydrogens is 254 g/mol. The number of aromatic nitrogens is 2. The van der Waals surface area contributed by atoms with Crippen molar-refractivity contribution in [2.75, 3.05) is 13.1 Å². The van der Waals surface area contributed by atoms with Gasteiger partial charge in [-0.15, -0.1) is 0 Å². The third-order valence-corrected chi connectivity index (χ3v) is 4.28. The van der Waals surface area contributed by atoms with Crippen LogP contribution >= 0.6 is 0 Å². The number of carbonyl (C=O) groups is 1. The van der Waals surface area contributed by atoms with E-state index in [0.717, 1.165) is 43.7 Å². The minimum Gasteiger partial charge on any atom is -0.481 e. The van der Waals surface area contributed by atoms with E-state index in [1.807, 2.05) is 6.92 Å². The lowest BCUT2D eigenvalue weighted by molar-refractivity contribution is -0.137. The Morgan fingerprint density at radius 1 is 1.40 bits per heavy atom. The van der Waals surface area contributed by atoms with Crippen molar-refractivity contribution in [2.24, 2.45) is 5.92 Å². The normalized spacial score (nSPS) is 18.9. The summed E-state index contributed by atoms with van der Waals surface area (Å²) in [5.41, 5.74) is 2.05. The van der Waals surface area contributed by atoms with Gasteiger partial charge in [-0.1, -0.05) is 0 Å². The molecule has 1 aliphatic rings. The van der Waals surface area contributed by atoms with Gasteiger partial charge in [0, 0.05) is 18.8 Å². The van der Waals surface area contributed by atoms with Gasteiger partial charge in [-0.25, -0.2) is 0 Å². The number of likely N-dealkylation sites (tertiary alicyclic amines) is 1. The van der Waals surface area contributed by atoms with E-state index >= 15 is 0 Å². The molecule has 5 nitrogen and oxygen atoms in total. The molecule has 0 aliphatic carbocycles. The van der Waals surface area contributed by atoms with Crippen LogP contribution in [0, 0.1) is 12.8 Å². The van der Waals surface area contributed by atoms with Gasteiger partial charge in [-0.2, -0.15) is 0 Å². The van der Waals surface area contributed by atoms with Crippen molar-refractivity contribution in [1.82, 2.24) is 14.9 Å². The Hall–Kier alpha value is -1.49. The average Bonchev–Trinajstić information content (AvgIpc) is 2.45. The van der Waals surface area contributed by atoms with Crippen molar-refractivity contribution < 1.29 is 9.90 Å². The first-order chi connectivity index (χ1) is 9.58. The van der Waals surface area contributed by atoms with Crippen LogP contribution in [0.4, 0.5) is 0 Å². The molecule has 1 saturated heterocycles. The molecule has 1 aromatic rings. The van der Waals surface area contributed by atoms with Crippen molar-refractivity contribution in [3.63, 3.8) is 0 Å². The number of aliphatic carboxylic acids is 1. The molecule has 20 heavy (non-hydrogen) atoms. The molecule has 0 aromatic carbocycles. The number of hydrogen-bond donors (Lipinski definition) is 1. The van der Waals surface area contributed by atoms with Crippen LogP contribution in [-0.2, 0) is 4.79 Å². The van der Waals surface area contributed by atoms with Gasteiger partial charge >= 0.3 is 5.97 Å². The van der Waals surface area contributed by atoms with Gasteiger partial charge in [-0.3, -0.25) is 19.7 Å². The quantitative estimate of drug-likeness (QED) is 0.895. The van der Waals surface area contributed by atoms with Crippen molar-refractivity contribution in [3.8, 4) is 0 Å². The highest BCUT2D eigenvalue weighted by molar-refractivity contribution is 5.66. The van der Waals surface area contributed by atoms with E-state index in [0.29, 0.717) is 12.3 Å². The number of nitrogens with zero attached hydrogens (tertiary/aromatic N) is 3. The number of piperidine rings is 1. The number of rotatable bonds is 5. The minimum absolute atomic E-state index is 0.282. The summed E-state index contributed by atoms with van der Waals surface area (Å²) in [6.07, 6.45) is 6.74. The first kappa shape index (κ1) is 14.9. The first-order valence-corrected chi connectivity index (χ1v) is 7.31. The summed E-state index contributed by atoms with van der Waals surface area (Å²) in [5, 5.41) is 8.74. The Morgan fingerprint density at radius 2 is 2.05 bits per heavy atom. The van der Waals surface area contributed by atoms with Gasteiger partial charge in [0.1, 0.15) is 0 Å². The second kappa shape index (κ2) is 6.79. The first-order valence-electron chi connectivity index (χ1n) is 7.31. The molecule has 1 aromatic heterocycles. The Balaban J connectivity index is 1.87. The van der Waals surface area contributed by atoms with Crippen molar-refractivity contribution in [1.29, 1.82) is 0 Å². The maximum Gasteiger partial charge on any atom is 0.303 e. The van der Waals surface area contributed by atoms with Crippen LogP contribution in [0.5, 0.6) is 0 Å². The number of hydrogen-bond acceptors (Lipinski definition) is 4.